The number of esters is 1. The molecule has 0 aliphatic carbocycles. The van der Waals surface area contributed by atoms with Gasteiger partial charge in [-0.2, -0.15) is 0 Å². The van der Waals surface area contributed by atoms with Gasteiger partial charge in [-0.15, -0.1) is 11.3 Å². The average Bonchev–Trinajstić information content (AvgIpc) is 3.26. The summed E-state index contributed by atoms with van der Waals surface area (Å²) in [7, 11) is 0. The fourth-order valence-electron chi connectivity index (χ4n) is 3.67. The third kappa shape index (κ3) is 5.58. The van der Waals surface area contributed by atoms with Crippen LogP contribution >= 0.6 is 11.3 Å². The molecule has 8 nitrogen and oxygen atoms in total. The molecule has 1 N–H and O–H groups in total. The second-order valence-electron chi connectivity index (χ2n) is 7.77. The number of amides is 1. The molecule has 2 aromatic carbocycles. The quantitative estimate of drug-likeness (QED) is 0.238. The lowest BCUT2D eigenvalue weighted by molar-refractivity contribution is -0.118. The number of carbonyl (C=O) groups is 2. The van der Waals surface area contributed by atoms with E-state index in [1.807, 2.05) is 38.1 Å². The number of thiophene rings is 1. The fourth-order valence-corrected chi connectivity index (χ4v) is 4.65. The summed E-state index contributed by atoms with van der Waals surface area (Å²) in [5.74, 6) is 0.117. The van der Waals surface area contributed by atoms with E-state index in [-0.39, 0.29) is 18.8 Å². The Morgan fingerprint density at radius 2 is 1.72 bits per heavy atom. The first-order chi connectivity index (χ1) is 17.4. The summed E-state index contributed by atoms with van der Waals surface area (Å²) in [6, 6.07) is 13.8. The minimum Gasteiger partial charge on any atom is -0.494 e. The van der Waals surface area contributed by atoms with Crippen LogP contribution in [0, 0.1) is 6.92 Å². The molecule has 36 heavy (non-hydrogen) atoms. The molecule has 0 aliphatic heterocycles. The molecule has 0 atom stereocenters. The van der Waals surface area contributed by atoms with Gasteiger partial charge >= 0.3 is 11.6 Å². The summed E-state index contributed by atoms with van der Waals surface area (Å²) in [6.07, 6.45) is 0. The summed E-state index contributed by atoms with van der Waals surface area (Å²) in [5.41, 5.74) is 2.43. The third-order valence-corrected chi connectivity index (χ3v) is 6.19. The average molecular weight is 508 g/mol. The van der Waals surface area contributed by atoms with Gasteiger partial charge in [-0.25, -0.2) is 9.59 Å². The molecule has 1 amide bonds. The lowest BCUT2D eigenvalue weighted by Gasteiger charge is -2.10. The van der Waals surface area contributed by atoms with Crippen LogP contribution < -0.4 is 20.4 Å². The zero-order valence-corrected chi connectivity index (χ0v) is 20.9. The Bertz CT molecular complexity index is 1450. The highest BCUT2D eigenvalue weighted by Gasteiger charge is 2.23. The monoisotopic (exact) mass is 507 g/mol. The standard InChI is InChI=1S/C27H25NO7S/c1-4-32-18-8-6-17(7-9-18)21-15-36-26(25(21)27(31)33-5-2)28-23(29)14-34-19-10-11-20-16(3)12-24(30)35-22(20)13-19/h6-13,15H,4-5,14H2,1-3H3,(H,28,29). The van der Waals surface area contributed by atoms with Crippen molar-refractivity contribution in [1.82, 2.24) is 0 Å². The third-order valence-electron chi connectivity index (χ3n) is 5.29. The first-order valence-electron chi connectivity index (χ1n) is 11.4. The van der Waals surface area contributed by atoms with Crippen LogP contribution in [0.3, 0.4) is 0 Å². The van der Waals surface area contributed by atoms with Crippen molar-refractivity contribution in [3.05, 3.63) is 75.5 Å². The molecule has 4 rings (SSSR count). The number of rotatable bonds is 9. The van der Waals surface area contributed by atoms with Gasteiger partial charge in [-0.1, -0.05) is 12.1 Å². The highest BCUT2D eigenvalue weighted by Crippen LogP contribution is 2.37. The van der Waals surface area contributed by atoms with Crippen molar-refractivity contribution in [3.8, 4) is 22.6 Å². The van der Waals surface area contributed by atoms with Crippen LogP contribution in [-0.4, -0.2) is 31.7 Å². The largest absolute Gasteiger partial charge is 0.494 e. The van der Waals surface area contributed by atoms with E-state index in [2.05, 4.69) is 5.32 Å². The van der Waals surface area contributed by atoms with Gasteiger partial charge in [0.25, 0.3) is 5.91 Å². The lowest BCUT2D eigenvalue weighted by atomic mass is 10.0. The Labute approximate surface area is 211 Å². The van der Waals surface area contributed by atoms with E-state index >= 15 is 0 Å². The number of ether oxygens (including phenoxy) is 3. The fraction of sp³-hybridized carbons (Fsp3) is 0.222. The molecule has 0 bridgehead atoms. The topological polar surface area (TPSA) is 104 Å². The van der Waals surface area contributed by atoms with E-state index in [0.29, 0.717) is 28.5 Å². The number of nitrogens with one attached hydrogen (secondary N) is 1. The molecule has 4 aromatic rings. The number of anilines is 1. The predicted molar refractivity (Wildman–Crippen MR) is 138 cm³/mol. The molecular weight excluding hydrogens is 482 g/mol. The summed E-state index contributed by atoms with van der Waals surface area (Å²) in [4.78, 5) is 37.1. The summed E-state index contributed by atoms with van der Waals surface area (Å²) in [5, 5.41) is 5.70. The van der Waals surface area contributed by atoms with Crippen LogP contribution in [0.1, 0.15) is 29.8 Å². The second kappa shape index (κ2) is 11.1. The predicted octanol–water partition coefficient (Wildman–Crippen LogP) is 5.42. The maximum Gasteiger partial charge on any atom is 0.341 e. The molecule has 0 unspecified atom stereocenters. The zero-order valence-electron chi connectivity index (χ0n) is 20.1. The highest BCUT2D eigenvalue weighted by molar-refractivity contribution is 7.15. The van der Waals surface area contributed by atoms with Gasteiger partial charge in [0.05, 0.1) is 13.2 Å². The summed E-state index contributed by atoms with van der Waals surface area (Å²) in [6.45, 7) is 5.89. The first-order valence-corrected chi connectivity index (χ1v) is 12.3. The van der Waals surface area contributed by atoms with Crippen molar-refractivity contribution < 1.29 is 28.2 Å². The number of carbonyl (C=O) groups excluding carboxylic acids is 2. The Morgan fingerprint density at radius 1 is 0.972 bits per heavy atom. The molecule has 186 valence electrons. The van der Waals surface area contributed by atoms with Crippen LogP contribution in [-0.2, 0) is 9.53 Å². The van der Waals surface area contributed by atoms with E-state index in [9.17, 15) is 14.4 Å². The van der Waals surface area contributed by atoms with Crippen LogP contribution in [0.5, 0.6) is 11.5 Å². The minimum absolute atomic E-state index is 0.200. The van der Waals surface area contributed by atoms with Crippen molar-refractivity contribution in [2.45, 2.75) is 20.8 Å². The number of fused-ring (bicyclic) bond motifs is 1. The molecule has 0 saturated carbocycles. The van der Waals surface area contributed by atoms with Crippen LogP contribution in [0.25, 0.3) is 22.1 Å². The first kappa shape index (κ1) is 25.0. The maximum atomic E-state index is 12.8. The van der Waals surface area contributed by atoms with E-state index in [0.717, 1.165) is 22.3 Å². The molecule has 9 heteroatoms. The van der Waals surface area contributed by atoms with Crippen molar-refractivity contribution in [2.24, 2.45) is 0 Å². The van der Waals surface area contributed by atoms with E-state index < -0.39 is 17.5 Å². The van der Waals surface area contributed by atoms with Crippen molar-refractivity contribution in [3.63, 3.8) is 0 Å². The van der Waals surface area contributed by atoms with Gasteiger partial charge < -0.3 is 23.9 Å². The number of aryl methyl sites for hydroxylation is 1. The molecule has 0 spiro atoms. The number of hydrogen-bond donors (Lipinski definition) is 1. The van der Waals surface area contributed by atoms with Gasteiger partial charge in [0.15, 0.2) is 6.61 Å². The van der Waals surface area contributed by atoms with Crippen LogP contribution in [0.15, 0.2) is 63.1 Å². The molecule has 0 fully saturated rings. The lowest BCUT2D eigenvalue weighted by Crippen LogP contribution is -2.21. The van der Waals surface area contributed by atoms with Gasteiger partial charge in [0.2, 0.25) is 0 Å². The molecule has 2 heterocycles. The smallest absolute Gasteiger partial charge is 0.341 e. The SMILES string of the molecule is CCOC(=O)c1c(-c2ccc(OCC)cc2)csc1NC(=O)COc1ccc2c(C)cc(=O)oc2c1. The van der Waals surface area contributed by atoms with E-state index in [4.69, 9.17) is 18.6 Å². The van der Waals surface area contributed by atoms with Gasteiger partial charge in [-0.05, 0) is 56.2 Å². The Morgan fingerprint density at radius 3 is 2.44 bits per heavy atom. The van der Waals surface area contributed by atoms with E-state index in [1.165, 1.54) is 17.4 Å². The molecule has 2 aromatic heterocycles. The normalized spacial score (nSPS) is 10.8. The molecule has 0 saturated heterocycles. The van der Waals surface area contributed by atoms with Gasteiger partial charge in [-0.3, -0.25) is 4.79 Å². The molecule has 0 radical (unpaired) electrons. The maximum absolute atomic E-state index is 12.8. The number of hydrogen-bond acceptors (Lipinski definition) is 8. The second-order valence-corrected chi connectivity index (χ2v) is 8.65. The van der Waals surface area contributed by atoms with E-state index in [1.54, 1.807) is 30.5 Å². The Hall–Kier alpha value is -4.11. The Kier molecular flexibility index (Phi) is 7.70. The Balaban J connectivity index is 1.51. The molecule has 0 aliphatic rings. The van der Waals surface area contributed by atoms with Crippen molar-refractivity contribution >= 4 is 39.2 Å². The van der Waals surface area contributed by atoms with Gasteiger partial charge in [0.1, 0.15) is 27.6 Å². The van der Waals surface area contributed by atoms with Crippen LogP contribution in [0.4, 0.5) is 5.00 Å². The zero-order chi connectivity index (χ0) is 25.7. The number of benzene rings is 2. The summed E-state index contributed by atoms with van der Waals surface area (Å²) < 4.78 is 21.6. The van der Waals surface area contributed by atoms with Crippen molar-refractivity contribution in [2.75, 3.05) is 25.1 Å². The highest BCUT2D eigenvalue weighted by atomic mass is 32.1. The molecular formula is C27H25NO7S. The van der Waals surface area contributed by atoms with Gasteiger partial charge in [0, 0.05) is 28.5 Å². The van der Waals surface area contributed by atoms with Crippen molar-refractivity contribution in [1.29, 1.82) is 0 Å². The minimum atomic E-state index is -0.529. The summed E-state index contributed by atoms with van der Waals surface area (Å²) >= 11 is 1.23. The van der Waals surface area contributed by atoms with Crippen LogP contribution in [0.2, 0.25) is 0 Å².